The van der Waals surface area contributed by atoms with Crippen molar-refractivity contribution in [2.24, 2.45) is 4.99 Å². The van der Waals surface area contributed by atoms with E-state index < -0.39 is 0 Å². The second kappa shape index (κ2) is 9.15. The molecule has 6 nitrogen and oxygen atoms in total. The highest BCUT2D eigenvalue weighted by atomic mass is 16.2. The van der Waals surface area contributed by atoms with Crippen LogP contribution in [0.3, 0.4) is 0 Å². The Hall–Kier alpha value is -2.24. The number of nitrogens with one attached hydrogen (secondary N) is 1. The standard InChI is InChI=1S/C18H29N5O/c1-4-10-19-18(20-15-17(24)21(2)3)23-13-11-22(12-14-23)16-8-6-5-7-9-16/h5-9H,4,10-15H2,1-3H3,(H,19,20). The lowest BCUT2D eigenvalue weighted by atomic mass is 10.2. The first-order chi connectivity index (χ1) is 11.6. The predicted molar refractivity (Wildman–Crippen MR) is 99.5 cm³/mol. The Bertz CT molecular complexity index is 536. The van der Waals surface area contributed by atoms with Crippen LogP contribution < -0.4 is 10.2 Å². The molecule has 0 atom stereocenters. The summed E-state index contributed by atoms with van der Waals surface area (Å²) in [6.45, 7) is 6.91. The lowest BCUT2D eigenvalue weighted by Crippen LogP contribution is -2.53. The fourth-order valence-electron chi connectivity index (χ4n) is 2.60. The summed E-state index contributed by atoms with van der Waals surface area (Å²) in [4.78, 5) is 22.5. The first-order valence-corrected chi connectivity index (χ1v) is 8.65. The number of amides is 1. The van der Waals surface area contributed by atoms with Gasteiger partial charge in [-0.3, -0.25) is 4.79 Å². The van der Waals surface area contributed by atoms with E-state index in [2.05, 4.69) is 51.3 Å². The summed E-state index contributed by atoms with van der Waals surface area (Å²) in [5, 5.41) is 3.37. The molecule has 1 N–H and O–H groups in total. The molecule has 0 bridgehead atoms. The van der Waals surface area contributed by atoms with Gasteiger partial charge in [0.1, 0.15) is 6.54 Å². The van der Waals surface area contributed by atoms with Crippen LogP contribution in [0.2, 0.25) is 0 Å². The molecule has 0 aliphatic carbocycles. The van der Waals surface area contributed by atoms with Crippen molar-refractivity contribution in [3.8, 4) is 0 Å². The number of carbonyl (C=O) groups is 1. The minimum Gasteiger partial charge on any atom is -0.368 e. The molecule has 1 aliphatic rings. The average Bonchev–Trinajstić information content (AvgIpc) is 2.62. The fraction of sp³-hybridized carbons (Fsp3) is 0.556. The number of anilines is 1. The number of para-hydroxylation sites is 1. The van der Waals surface area contributed by atoms with Gasteiger partial charge in [0.05, 0.1) is 0 Å². The average molecular weight is 331 g/mol. The molecule has 1 saturated heterocycles. The third kappa shape index (κ3) is 5.15. The maximum absolute atomic E-state index is 11.8. The maximum atomic E-state index is 11.8. The number of nitrogens with zero attached hydrogens (tertiary/aromatic N) is 4. The molecule has 1 aromatic rings. The lowest BCUT2D eigenvalue weighted by molar-refractivity contribution is -0.127. The third-order valence-corrected chi connectivity index (χ3v) is 4.10. The summed E-state index contributed by atoms with van der Waals surface area (Å²) in [6, 6.07) is 10.5. The van der Waals surface area contributed by atoms with E-state index in [0.717, 1.165) is 45.1 Å². The van der Waals surface area contributed by atoms with E-state index in [9.17, 15) is 4.79 Å². The molecule has 1 amide bonds. The van der Waals surface area contributed by atoms with Crippen molar-refractivity contribution in [2.75, 3.05) is 58.3 Å². The van der Waals surface area contributed by atoms with Crippen molar-refractivity contribution < 1.29 is 4.79 Å². The fourth-order valence-corrected chi connectivity index (χ4v) is 2.60. The quantitative estimate of drug-likeness (QED) is 0.652. The van der Waals surface area contributed by atoms with Gasteiger partial charge in [0.15, 0.2) is 5.96 Å². The number of likely N-dealkylation sites (N-methyl/N-ethyl adjacent to an activating group) is 1. The zero-order chi connectivity index (χ0) is 17.4. The molecule has 6 heteroatoms. The van der Waals surface area contributed by atoms with Crippen molar-refractivity contribution in [3.05, 3.63) is 30.3 Å². The minimum atomic E-state index is 0.0220. The molecule has 0 aromatic heterocycles. The number of carbonyl (C=O) groups excluding carboxylic acids is 1. The topological polar surface area (TPSA) is 51.2 Å². The summed E-state index contributed by atoms with van der Waals surface area (Å²) >= 11 is 0. The van der Waals surface area contributed by atoms with Gasteiger partial charge >= 0.3 is 0 Å². The Balaban J connectivity index is 1.96. The zero-order valence-electron chi connectivity index (χ0n) is 15.0. The summed E-state index contributed by atoms with van der Waals surface area (Å²) < 4.78 is 0. The van der Waals surface area contributed by atoms with E-state index in [1.807, 2.05) is 6.07 Å². The number of hydrogen-bond acceptors (Lipinski definition) is 3. The van der Waals surface area contributed by atoms with Crippen LogP contribution in [0.4, 0.5) is 5.69 Å². The van der Waals surface area contributed by atoms with Gasteiger partial charge in [0.2, 0.25) is 5.91 Å². The number of rotatable bonds is 5. The summed E-state index contributed by atoms with van der Waals surface area (Å²) in [7, 11) is 3.52. The van der Waals surface area contributed by atoms with Gasteiger partial charge < -0.3 is 20.0 Å². The van der Waals surface area contributed by atoms with E-state index in [0.29, 0.717) is 0 Å². The smallest absolute Gasteiger partial charge is 0.243 e. The van der Waals surface area contributed by atoms with Crippen LogP contribution in [0.1, 0.15) is 13.3 Å². The van der Waals surface area contributed by atoms with Crippen LogP contribution >= 0.6 is 0 Å². The van der Waals surface area contributed by atoms with Crippen LogP contribution in [0, 0.1) is 0 Å². The van der Waals surface area contributed by atoms with Crippen LogP contribution in [0.5, 0.6) is 0 Å². The maximum Gasteiger partial charge on any atom is 0.243 e. The van der Waals surface area contributed by atoms with Crippen molar-refractivity contribution in [2.45, 2.75) is 13.3 Å². The van der Waals surface area contributed by atoms with E-state index in [4.69, 9.17) is 0 Å². The van der Waals surface area contributed by atoms with Crippen LogP contribution in [0.15, 0.2) is 35.3 Å². The van der Waals surface area contributed by atoms with Crippen molar-refractivity contribution in [1.82, 2.24) is 15.1 Å². The highest BCUT2D eigenvalue weighted by molar-refractivity contribution is 5.85. The number of piperazine rings is 1. The monoisotopic (exact) mass is 331 g/mol. The van der Waals surface area contributed by atoms with Crippen LogP contribution in [-0.2, 0) is 4.79 Å². The summed E-state index contributed by atoms with van der Waals surface area (Å²) in [5.41, 5.74) is 1.26. The molecule has 0 radical (unpaired) electrons. The second-order valence-corrected chi connectivity index (χ2v) is 6.16. The van der Waals surface area contributed by atoms with Gasteiger partial charge in [-0.15, -0.1) is 0 Å². The number of guanidine groups is 1. The Kier molecular flexibility index (Phi) is 6.90. The van der Waals surface area contributed by atoms with Gasteiger partial charge in [-0.1, -0.05) is 25.1 Å². The Morgan fingerprint density at radius 3 is 2.42 bits per heavy atom. The molecular weight excluding hydrogens is 302 g/mol. The Labute approximate surface area is 145 Å². The van der Waals surface area contributed by atoms with Crippen molar-refractivity contribution in [1.29, 1.82) is 0 Å². The molecule has 1 aromatic carbocycles. The van der Waals surface area contributed by atoms with Gasteiger partial charge in [0.25, 0.3) is 0 Å². The number of aliphatic imine (C=N–C) groups is 1. The molecule has 0 spiro atoms. The van der Waals surface area contributed by atoms with Gasteiger partial charge in [-0.05, 0) is 18.6 Å². The largest absolute Gasteiger partial charge is 0.368 e. The zero-order valence-corrected chi connectivity index (χ0v) is 15.0. The molecule has 0 saturated carbocycles. The van der Waals surface area contributed by atoms with Crippen molar-refractivity contribution in [3.63, 3.8) is 0 Å². The lowest BCUT2D eigenvalue weighted by Gasteiger charge is -2.37. The first-order valence-electron chi connectivity index (χ1n) is 8.65. The molecule has 24 heavy (non-hydrogen) atoms. The predicted octanol–water partition coefficient (Wildman–Crippen LogP) is 1.25. The van der Waals surface area contributed by atoms with Gasteiger partial charge in [0, 0.05) is 52.5 Å². The Morgan fingerprint density at radius 2 is 1.83 bits per heavy atom. The van der Waals surface area contributed by atoms with E-state index in [1.165, 1.54) is 5.69 Å². The molecule has 132 valence electrons. The molecule has 1 fully saturated rings. The van der Waals surface area contributed by atoms with Gasteiger partial charge in [-0.25, -0.2) is 4.99 Å². The highest BCUT2D eigenvalue weighted by Gasteiger charge is 2.20. The normalized spacial score (nSPS) is 15.4. The Morgan fingerprint density at radius 1 is 1.17 bits per heavy atom. The summed E-state index contributed by atoms with van der Waals surface area (Å²) in [6.07, 6.45) is 1.03. The van der Waals surface area contributed by atoms with E-state index in [-0.39, 0.29) is 12.5 Å². The second-order valence-electron chi connectivity index (χ2n) is 6.16. The molecule has 1 aliphatic heterocycles. The van der Waals surface area contributed by atoms with Gasteiger partial charge in [-0.2, -0.15) is 0 Å². The highest BCUT2D eigenvalue weighted by Crippen LogP contribution is 2.15. The van der Waals surface area contributed by atoms with Crippen LogP contribution in [-0.4, -0.2) is 75.0 Å². The number of benzene rings is 1. The molecular formula is C18H29N5O. The van der Waals surface area contributed by atoms with E-state index >= 15 is 0 Å². The molecule has 1 heterocycles. The summed E-state index contributed by atoms with van der Waals surface area (Å²) in [5.74, 6) is 0.869. The first kappa shape index (κ1) is 18.1. The van der Waals surface area contributed by atoms with Crippen LogP contribution in [0.25, 0.3) is 0 Å². The molecule has 0 unspecified atom stereocenters. The minimum absolute atomic E-state index is 0.0220. The SMILES string of the molecule is CCCNC(=NCC(=O)N(C)C)N1CCN(c2ccccc2)CC1. The third-order valence-electron chi connectivity index (χ3n) is 4.10. The van der Waals surface area contributed by atoms with E-state index in [1.54, 1.807) is 19.0 Å². The van der Waals surface area contributed by atoms with Crippen molar-refractivity contribution >= 4 is 17.6 Å². The number of hydrogen-bond donors (Lipinski definition) is 1. The molecule has 2 rings (SSSR count).